The monoisotopic (exact) mass is 463 g/mol. The standard InChI is InChI=1S/C24H26FN7S/c1-13-4-5-19(21(25)15(13)3)32-24(29-30-31-32)18-11-17(12-28-23(18)26)22-14(2)10-20(33-22)16-6-8-27-9-7-16/h4-5,10-12,16,27H,6-9H2,1-3H3,(H2,26,28). The van der Waals surface area contributed by atoms with Gasteiger partial charge in [0, 0.05) is 21.5 Å². The van der Waals surface area contributed by atoms with E-state index in [2.05, 4.69) is 38.8 Å². The van der Waals surface area contributed by atoms with Gasteiger partial charge in [-0.2, -0.15) is 4.68 Å². The molecule has 3 N–H and O–H groups in total. The lowest BCUT2D eigenvalue weighted by atomic mass is 9.96. The minimum absolute atomic E-state index is 0.281. The zero-order valence-corrected chi connectivity index (χ0v) is 19.7. The Labute approximate surface area is 195 Å². The van der Waals surface area contributed by atoms with Crippen molar-refractivity contribution in [2.24, 2.45) is 0 Å². The minimum Gasteiger partial charge on any atom is -0.383 e. The third kappa shape index (κ3) is 3.91. The molecule has 1 aliphatic rings. The molecule has 9 heteroatoms. The molecule has 0 bridgehead atoms. The third-order valence-corrected chi connectivity index (χ3v) is 7.88. The van der Waals surface area contributed by atoms with E-state index in [0.717, 1.165) is 41.9 Å². The minimum atomic E-state index is -0.355. The van der Waals surface area contributed by atoms with Gasteiger partial charge in [-0.05, 0) is 97.9 Å². The van der Waals surface area contributed by atoms with Gasteiger partial charge in [0.15, 0.2) is 11.6 Å². The van der Waals surface area contributed by atoms with Crippen LogP contribution in [0.4, 0.5) is 10.2 Å². The molecule has 7 nitrogen and oxygen atoms in total. The number of halogens is 1. The van der Waals surface area contributed by atoms with E-state index in [-0.39, 0.29) is 11.5 Å². The molecule has 170 valence electrons. The zero-order valence-electron chi connectivity index (χ0n) is 18.9. The van der Waals surface area contributed by atoms with Crippen LogP contribution in [0, 0.1) is 26.6 Å². The number of piperidine rings is 1. The number of hydrogen-bond acceptors (Lipinski definition) is 7. The highest BCUT2D eigenvalue weighted by molar-refractivity contribution is 7.15. The Morgan fingerprint density at radius 3 is 2.70 bits per heavy atom. The van der Waals surface area contributed by atoms with Crippen LogP contribution in [0.5, 0.6) is 0 Å². The summed E-state index contributed by atoms with van der Waals surface area (Å²) in [5.41, 5.74) is 10.7. The number of nitrogens with one attached hydrogen (secondary N) is 1. The van der Waals surface area contributed by atoms with Gasteiger partial charge < -0.3 is 11.1 Å². The van der Waals surface area contributed by atoms with E-state index in [1.165, 1.54) is 15.1 Å². The van der Waals surface area contributed by atoms with Crippen molar-refractivity contribution in [3.05, 3.63) is 57.8 Å². The molecule has 4 heterocycles. The second kappa shape index (κ2) is 8.64. The molecule has 1 fully saturated rings. The number of hydrogen-bond donors (Lipinski definition) is 2. The van der Waals surface area contributed by atoms with Crippen LogP contribution in [0.3, 0.4) is 0 Å². The van der Waals surface area contributed by atoms with Crippen LogP contribution in [-0.4, -0.2) is 38.3 Å². The van der Waals surface area contributed by atoms with Gasteiger partial charge in [0.05, 0.1) is 5.56 Å². The van der Waals surface area contributed by atoms with E-state index in [4.69, 9.17) is 5.73 Å². The number of tetrazole rings is 1. The van der Waals surface area contributed by atoms with Gasteiger partial charge in [-0.25, -0.2) is 9.37 Å². The number of pyridine rings is 1. The Bertz CT molecular complexity index is 1320. The number of anilines is 1. The second-order valence-corrected chi connectivity index (χ2v) is 9.68. The number of nitrogens with zero attached hydrogens (tertiary/aromatic N) is 5. The van der Waals surface area contributed by atoms with Crippen molar-refractivity contribution in [3.63, 3.8) is 0 Å². The summed E-state index contributed by atoms with van der Waals surface area (Å²) >= 11 is 1.81. The van der Waals surface area contributed by atoms with Crippen LogP contribution in [0.25, 0.3) is 27.5 Å². The molecule has 4 aromatic rings. The molecule has 0 unspecified atom stereocenters. The molecule has 0 saturated carbocycles. The molecule has 1 aliphatic heterocycles. The van der Waals surface area contributed by atoms with E-state index < -0.39 is 0 Å². The predicted molar refractivity (Wildman–Crippen MR) is 129 cm³/mol. The molecule has 0 spiro atoms. The molecule has 0 amide bonds. The van der Waals surface area contributed by atoms with Crippen LogP contribution in [-0.2, 0) is 0 Å². The van der Waals surface area contributed by atoms with Crippen LogP contribution >= 0.6 is 11.3 Å². The number of aryl methyl sites for hydroxylation is 2. The summed E-state index contributed by atoms with van der Waals surface area (Å²) in [7, 11) is 0. The number of rotatable bonds is 4. The normalized spacial score (nSPS) is 14.7. The maximum absolute atomic E-state index is 15.0. The first-order valence-corrected chi connectivity index (χ1v) is 11.9. The molecule has 1 aromatic carbocycles. The second-order valence-electron chi connectivity index (χ2n) is 8.60. The highest BCUT2D eigenvalue weighted by Crippen LogP contribution is 2.40. The predicted octanol–water partition coefficient (Wildman–Crippen LogP) is 4.57. The third-order valence-electron chi connectivity index (χ3n) is 6.43. The van der Waals surface area contributed by atoms with Crippen molar-refractivity contribution in [1.29, 1.82) is 0 Å². The van der Waals surface area contributed by atoms with Crippen LogP contribution in [0.1, 0.15) is 40.3 Å². The number of nitrogens with two attached hydrogens (primary N) is 1. The summed E-state index contributed by atoms with van der Waals surface area (Å²) in [6, 6.07) is 7.78. The lowest BCUT2D eigenvalue weighted by Gasteiger charge is -2.21. The maximum Gasteiger partial charge on any atom is 0.190 e. The topological polar surface area (TPSA) is 94.5 Å². The van der Waals surface area contributed by atoms with Crippen LogP contribution in [0.15, 0.2) is 30.5 Å². The first kappa shape index (κ1) is 21.7. The van der Waals surface area contributed by atoms with Gasteiger partial charge in [0.2, 0.25) is 0 Å². The van der Waals surface area contributed by atoms with Gasteiger partial charge >= 0.3 is 0 Å². The SMILES string of the molecule is Cc1cc(C2CCNCC2)sc1-c1cnc(N)c(-c2nnnn2-c2ccc(C)c(C)c2F)c1. The van der Waals surface area contributed by atoms with Crippen molar-refractivity contribution in [3.8, 4) is 27.5 Å². The molecule has 0 atom stereocenters. The molecular weight excluding hydrogens is 437 g/mol. The molecule has 0 aliphatic carbocycles. The fourth-order valence-corrected chi connectivity index (χ4v) is 5.65. The molecule has 3 aromatic heterocycles. The van der Waals surface area contributed by atoms with E-state index in [9.17, 15) is 0 Å². The van der Waals surface area contributed by atoms with Gasteiger partial charge in [0.1, 0.15) is 11.5 Å². The lowest BCUT2D eigenvalue weighted by Crippen LogP contribution is -2.26. The summed E-state index contributed by atoms with van der Waals surface area (Å²) in [5, 5.41) is 15.4. The number of aromatic nitrogens is 5. The van der Waals surface area contributed by atoms with Crippen molar-refractivity contribution in [2.45, 2.75) is 39.5 Å². The fourth-order valence-electron chi connectivity index (χ4n) is 4.33. The number of thiophene rings is 1. The molecule has 33 heavy (non-hydrogen) atoms. The van der Waals surface area contributed by atoms with Crippen molar-refractivity contribution in [1.82, 2.24) is 30.5 Å². The van der Waals surface area contributed by atoms with Crippen molar-refractivity contribution in [2.75, 3.05) is 18.8 Å². The van der Waals surface area contributed by atoms with E-state index >= 15 is 4.39 Å². The molecule has 0 radical (unpaired) electrons. The summed E-state index contributed by atoms with van der Waals surface area (Å²) < 4.78 is 16.4. The first-order chi connectivity index (χ1) is 15.9. The van der Waals surface area contributed by atoms with E-state index in [0.29, 0.717) is 28.7 Å². The van der Waals surface area contributed by atoms with Crippen molar-refractivity contribution < 1.29 is 4.39 Å². The number of benzene rings is 1. The summed E-state index contributed by atoms with van der Waals surface area (Å²) in [6.45, 7) is 7.86. The molecule has 1 saturated heterocycles. The largest absolute Gasteiger partial charge is 0.383 e. The first-order valence-electron chi connectivity index (χ1n) is 11.1. The lowest BCUT2D eigenvalue weighted by molar-refractivity contribution is 0.465. The highest BCUT2D eigenvalue weighted by Gasteiger charge is 2.22. The van der Waals surface area contributed by atoms with Crippen molar-refractivity contribution >= 4 is 17.2 Å². The van der Waals surface area contributed by atoms with Gasteiger partial charge in [0.25, 0.3) is 0 Å². The van der Waals surface area contributed by atoms with Crippen LogP contribution < -0.4 is 11.1 Å². The van der Waals surface area contributed by atoms with Gasteiger partial charge in [-0.1, -0.05) is 6.07 Å². The van der Waals surface area contributed by atoms with E-state index in [1.807, 2.05) is 30.4 Å². The smallest absolute Gasteiger partial charge is 0.190 e. The van der Waals surface area contributed by atoms with Gasteiger partial charge in [-0.3, -0.25) is 0 Å². The Hall–Kier alpha value is -3.17. The fraction of sp³-hybridized carbons (Fsp3) is 0.333. The van der Waals surface area contributed by atoms with Crippen LogP contribution in [0.2, 0.25) is 0 Å². The quantitative estimate of drug-likeness (QED) is 0.461. The van der Waals surface area contributed by atoms with Gasteiger partial charge in [-0.15, -0.1) is 16.4 Å². The summed E-state index contributed by atoms with van der Waals surface area (Å²) in [4.78, 5) is 7.00. The Morgan fingerprint density at radius 1 is 1.12 bits per heavy atom. The highest BCUT2D eigenvalue weighted by atomic mass is 32.1. The summed E-state index contributed by atoms with van der Waals surface area (Å²) in [6.07, 6.45) is 4.09. The Kier molecular flexibility index (Phi) is 5.67. The average molecular weight is 464 g/mol. The zero-order chi connectivity index (χ0) is 23.1. The Morgan fingerprint density at radius 2 is 1.91 bits per heavy atom. The molecular formula is C24H26FN7S. The maximum atomic E-state index is 15.0. The molecule has 5 rings (SSSR count). The number of nitrogen functional groups attached to an aromatic ring is 1. The summed E-state index contributed by atoms with van der Waals surface area (Å²) in [5.74, 6) is 0.889. The average Bonchev–Trinajstić information content (AvgIpc) is 3.46. The Balaban J connectivity index is 1.57. The van der Waals surface area contributed by atoms with E-state index in [1.54, 1.807) is 19.2 Å².